The summed E-state index contributed by atoms with van der Waals surface area (Å²) in [5.41, 5.74) is 0.694. The van der Waals surface area contributed by atoms with Crippen LogP contribution in [0, 0.1) is 5.21 Å². The van der Waals surface area contributed by atoms with Gasteiger partial charge in [-0.05, 0) is 0 Å². The van der Waals surface area contributed by atoms with E-state index in [1.54, 1.807) is 6.07 Å². The summed E-state index contributed by atoms with van der Waals surface area (Å²) in [7, 11) is 0. The second-order valence-corrected chi connectivity index (χ2v) is 1.64. The fourth-order valence-electron chi connectivity index (χ4n) is 0.692. The van der Waals surface area contributed by atoms with E-state index in [-0.39, 0.29) is 5.71 Å². The average Bonchev–Trinajstić information content (AvgIpc) is 2.35. The minimum atomic E-state index is 0.218. The van der Waals surface area contributed by atoms with Crippen molar-refractivity contribution in [2.45, 2.75) is 0 Å². The van der Waals surface area contributed by atoms with Gasteiger partial charge in [0, 0.05) is 6.07 Å². The lowest BCUT2D eigenvalue weighted by molar-refractivity contribution is -0.590. The Morgan fingerprint density at radius 1 is 1.44 bits per heavy atom. The zero-order valence-corrected chi connectivity index (χ0v) is 4.40. The van der Waals surface area contributed by atoms with Crippen LogP contribution in [0.3, 0.4) is 0 Å². The van der Waals surface area contributed by atoms with Crippen molar-refractivity contribution in [3.05, 3.63) is 23.9 Å². The maximum absolute atomic E-state index is 10.6. The molecular formula is C5H3NO3. The first kappa shape index (κ1) is 4.43. The van der Waals surface area contributed by atoms with Gasteiger partial charge in [-0.3, -0.25) is 0 Å². The molecule has 0 aliphatic rings. The van der Waals surface area contributed by atoms with Crippen LogP contribution >= 0.6 is 0 Å². The number of hydrogen-bond acceptors (Lipinski definition) is 3. The number of oxazole rings is 1. The molecule has 0 aromatic carbocycles. The number of furan rings is 1. The van der Waals surface area contributed by atoms with Crippen LogP contribution in [0.5, 0.6) is 0 Å². The third kappa shape index (κ3) is 0.440. The van der Waals surface area contributed by atoms with Gasteiger partial charge in [0.2, 0.25) is 5.58 Å². The van der Waals surface area contributed by atoms with Gasteiger partial charge in [0.15, 0.2) is 0 Å². The third-order valence-corrected chi connectivity index (χ3v) is 1.09. The quantitative estimate of drug-likeness (QED) is 0.384. The van der Waals surface area contributed by atoms with Crippen molar-refractivity contribution < 1.29 is 13.6 Å². The van der Waals surface area contributed by atoms with Crippen molar-refractivity contribution in [3.63, 3.8) is 0 Å². The van der Waals surface area contributed by atoms with Gasteiger partial charge in [-0.25, -0.2) is 0 Å². The first-order valence-electron chi connectivity index (χ1n) is 2.42. The number of fused-ring (bicyclic) bond motifs is 1. The van der Waals surface area contributed by atoms with Gasteiger partial charge in [-0.1, -0.05) is 0 Å². The molecule has 0 saturated carbocycles. The second kappa shape index (κ2) is 1.28. The Labute approximate surface area is 49.9 Å². The van der Waals surface area contributed by atoms with Crippen LogP contribution in [0.25, 0.3) is 11.3 Å². The molecule has 46 valence electrons. The van der Waals surface area contributed by atoms with Crippen molar-refractivity contribution >= 4 is 11.3 Å². The summed E-state index contributed by atoms with van der Waals surface area (Å²) in [5, 5.41) is 10.6. The Bertz CT molecular complexity index is 321. The smallest absolute Gasteiger partial charge is 0.431 e. The highest BCUT2D eigenvalue weighted by molar-refractivity contribution is 5.60. The highest BCUT2D eigenvalue weighted by Gasteiger charge is 2.09. The highest BCUT2D eigenvalue weighted by Crippen LogP contribution is 2.09. The Balaban J connectivity index is 2.99. The summed E-state index contributed by atoms with van der Waals surface area (Å²) in [6, 6.07) is 1.59. The molecule has 2 aromatic rings. The fourth-order valence-corrected chi connectivity index (χ4v) is 0.692. The molecule has 9 heavy (non-hydrogen) atoms. The van der Waals surface area contributed by atoms with Crippen LogP contribution in [0.15, 0.2) is 27.6 Å². The maximum Gasteiger partial charge on any atom is 0.431 e. The molecule has 0 aliphatic heterocycles. The van der Waals surface area contributed by atoms with Crippen LogP contribution in [0.1, 0.15) is 0 Å². The number of hydrogen-bond donors (Lipinski definition) is 0. The van der Waals surface area contributed by atoms with Crippen molar-refractivity contribution in [1.29, 1.82) is 0 Å². The first-order valence-corrected chi connectivity index (χ1v) is 2.42. The molecule has 0 saturated heterocycles. The van der Waals surface area contributed by atoms with Gasteiger partial charge in [0.25, 0.3) is 0 Å². The lowest BCUT2D eigenvalue weighted by atomic mass is 10.6. The monoisotopic (exact) mass is 125 g/mol. The summed E-state index contributed by atoms with van der Waals surface area (Å²) in [6.45, 7) is 0. The lowest BCUT2D eigenvalue weighted by Crippen LogP contribution is -2.21. The normalized spacial score (nSPS) is 10.7. The largest absolute Gasteiger partial charge is 0.614 e. The van der Waals surface area contributed by atoms with Gasteiger partial charge in [0.05, 0.1) is 0 Å². The zero-order chi connectivity index (χ0) is 6.27. The predicted octanol–water partition coefficient (Wildman–Crippen LogP) is 0.659. The van der Waals surface area contributed by atoms with Crippen LogP contribution in [0.2, 0.25) is 0 Å². The summed E-state index contributed by atoms with van der Waals surface area (Å²) in [6.07, 6.45) is 2.46. The van der Waals surface area contributed by atoms with E-state index in [0.29, 0.717) is 10.3 Å². The molecule has 0 N–H and O–H groups in total. The minimum absolute atomic E-state index is 0.218. The first-order chi connectivity index (χ1) is 4.38. The Hall–Kier alpha value is -1.45. The number of nitrogens with zero attached hydrogens (tertiary/aromatic N) is 1. The summed E-state index contributed by atoms with van der Waals surface area (Å²) in [4.78, 5) is 0. The highest BCUT2D eigenvalue weighted by atomic mass is 16.5. The second-order valence-electron chi connectivity index (χ2n) is 1.64. The zero-order valence-electron chi connectivity index (χ0n) is 4.40. The van der Waals surface area contributed by atoms with E-state index in [0.717, 1.165) is 6.39 Å². The molecule has 0 fully saturated rings. The van der Waals surface area contributed by atoms with E-state index in [1.165, 1.54) is 6.26 Å². The van der Waals surface area contributed by atoms with Crippen LogP contribution < -0.4 is 4.73 Å². The van der Waals surface area contributed by atoms with E-state index in [2.05, 4.69) is 0 Å². The van der Waals surface area contributed by atoms with E-state index >= 15 is 0 Å². The van der Waals surface area contributed by atoms with Crippen molar-refractivity contribution in [2.75, 3.05) is 0 Å². The predicted molar refractivity (Wildman–Crippen MR) is 27.4 cm³/mol. The molecule has 0 bridgehead atoms. The van der Waals surface area contributed by atoms with E-state index < -0.39 is 0 Å². The summed E-state index contributed by atoms with van der Waals surface area (Å²) >= 11 is 0. The van der Waals surface area contributed by atoms with Crippen molar-refractivity contribution in [3.8, 4) is 0 Å². The van der Waals surface area contributed by atoms with Crippen LogP contribution in [-0.4, -0.2) is 0 Å². The Kier molecular flexibility index (Phi) is 0.631. The average molecular weight is 125 g/mol. The molecule has 2 rings (SSSR count). The van der Waals surface area contributed by atoms with Gasteiger partial charge in [-0.2, -0.15) is 0 Å². The summed E-state index contributed by atoms with van der Waals surface area (Å²) < 4.78 is 10.0. The Morgan fingerprint density at radius 3 is 3.11 bits per heavy atom. The van der Waals surface area contributed by atoms with E-state index in [1.807, 2.05) is 0 Å². The summed E-state index contributed by atoms with van der Waals surface area (Å²) in [5.74, 6) is 0. The molecule has 2 aromatic heterocycles. The molecule has 4 nitrogen and oxygen atoms in total. The molecule has 4 heteroatoms. The SMILES string of the molecule is [O-][n+]1coc2ccoc21. The van der Waals surface area contributed by atoms with Gasteiger partial charge >= 0.3 is 12.1 Å². The standard InChI is InChI=1S/C5H3NO3/c7-6-3-9-4-1-2-8-5(4)6/h1-3H. The number of rotatable bonds is 0. The van der Waals surface area contributed by atoms with E-state index in [4.69, 9.17) is 8.83 Å². The van der Waals surface area contributed by atoms with Crippen molar-refractivity contribution in [2.24, 2.45) is 0 Å². The minimum Gasteiger partial charge on any atom is -0.614 e. The molecule has 0 unspecified atom stereocenters. The number of aromatic nitrogens is 1. The van der Waals surface area contributed by atoms with Crippen molar-refractivity contribution in [1.82, 2.24) is 0 Å². The molecule has 0 amide bonds. The van der Waals surface area contributed by atoms with Gasteiger partial charge in [0.1, 0.15) is 6.26 Å². The molecule has 2 heterocycles. The van der Waals surface area contributed by atoms with Crippen LogP contribution in [0.4, 0.5) is 0 Å². The lowest BCUT2D eigenvalue weighted by Gasteiger charge is -1.80. The van der Waals surface area contributed by atoms with E-state index in [9.17, 15) is 5.21 Å². The molecule has 0 aliphatic carbocycles. The van der Waals surface area contributed by atoms with Crippen LogP contribution in [-0.2, 0) is 0 Å². The molecule has 0 spiro atoms. The molecular weight excluding hydrogens is 122 g/mol. The maximum atomic E-state index is 10.6. The topological polar surface area (TPSA) is 53.2 Å². The Morgan fingerprint density at radius 2 is 2.33 bits per heavy atom. The fraction of sp³-hybridized carbons (Fsp3) is 0. The molecule has 0 atom stereocenters. The molecule has 0 radical (unpaired) electrons. The van der Waals surface area contributed by atoms with Gasteiger partial charge < -0.3 is 14.0 Å². The third-order valence-electron chi connectivity index (χ3n) is 1.09. The van der Waals surface area contributed by atoms with Gasteiger partial charge in [-0.15, -0.1) is 4.73 Å².